The summed E-state index contributed by atoms with van der Waals surface area (Å²) in [4.78, 5) is 10.2. The van der Waals surface area contributed by atoms with Crippen LogP contribution in [0.3, 0.4) is 0 Å². The average molecular weight is 364 g/mol. The smallest absolute Gasteiger partial charge is 0.344 e. The third-order valence-corrected chi connectivity index (χ3v) is 5.33. The van der Waals surface area contributed by atoms with E-state index in [2.05, 4.69) is 4.74 Å². The van der Waals surface area contributed by atoms with E-state index >= 15 is 0 Å². The number of carbonyl (C=O) groups is 1. The van der Waals surface area contributed by atoms with E-state index in [1.165, 1.54) is 7.11 Å². The van der Waals surface area contributed by atoms with Crippen molar-refractivity contribution in [1.29, 1.82) is 0 Å². The Balaban J connectivity index is 3.40. The van der Waals surface area contributed by atoms with E-state index in [9.17, 15) is 4.79 Å². The number of rotatable bonds is 4. The highest BCUT2D eigenvalue weighted by Crippen LogP contribution is 2.51. The molecule has 106 valence electrons. The summed E-state index contributed by atoms with van der Waals surface area (Å²) in [6, 6.07) is 6.43. The minimum atomic E-state index is -2.04. The molecule has 0 fully saturated rings. The van der Waals surface area contributed by atoms with E-state index in [1.807, 2.05) is 0 Å². The summed E-state index contributed by atoms with van der Waals surface area (Å²) in [5.41, 5.74) is 0.469. The molecular formula is C12H11Cl5O2. The molecular weight excluding hydrogens is 353 g/mol. The topological polar surface area (TPSA) is 26.3 Å². The van der Waals surface area contributed by atoms with Gasteiger partial charge in [-0.3, -0.25) is 0 Å². The molecule has 0 saturated carbocycles. The fourth-order valence-electron chi connectivity index (χ4n) is 1.63. The number of hydrogen-bond donors (Lipinski definition) is 0. The number of carbonyl (C=O) groups excluding carboxylic acids is 1. The zero-order valence-electron chi connectivity index (χ0n) is 10.1. The van der Waals surface area contributed by atoms with Crippen molar-refractivity contribution < 1.29 is 9.53 Å². The molecule has 2 atom stereocenters. The average Bonchev–Trinajstić information content (AvgIpc) is 2.37. The Morgan fingerprint density at radius 3 is 2.05 bits per heavy atom. The van der Waals surface area contributed by atoms with Crippen molar-refractivity contribution in [3.8, 4) is 0 Å². The fourth-order valence-corrected chi connectivity index (χ4v) is 3.06. The quantitative estimate of drug-likeness (QED) is 0.569. The van der Waals surface area contributed by atoms with E-state index in [0.29, 0.717) is 10.6 Å². The third-order valence-electron chi connectivity index (χ3n) is 2.71. The monoisotopic (exact) mass is 362 g/mol. The second kappa shape index (κ2) is 6.28. The maximum Gasteiger partial charge on any atom is 0.344 e. The molecule has 0 amide bonds. The van der Waals surface area contributed by atoms with Crippen LogP contribution in [0.25, 0.3) is 0 Å². The maximum absolute atomic E-state index is 11.8. The van der Waals surface area contributed by atoms with Crippen LogP contribution in [0.5, 0.6) is 0 Å². The molecule has 0 aliphatic rings. The first-order chi connectivity index (χ1) is 8.67. The molecule has 2 nitrogen and oxygen atoms in total. The van der Waals surface area contributed by atoms with Crippen molar-refractivity contribution in [3.05, 3.63) is 34.9 Å². The highest BCUT2D eigenvalue weighted by molar-refractivity contribution is 6.62. The van der Waals surface area contributed by atoms with Crippen LogP contribution in [0.15, 0.2) is 24.3 Å². The van der Waals surface area contributed by atoms with Crippen LogP contribution in [0.1, 0.15) is 12.5 Å². The molecule has 0 heterocycles. The van der Waals surface area contributed by atoms with E-state index < -0.39 is 20.6 Å². The third kappa shape index (κ3) is 3.08. The van der Waals surface area contributed by atoms with Crippen LogP contribution in [-0.2, 0) is 14.4 Å². The Kier molecular flexibility index (Phi) is 5.68. The van der Waals surface area contributed by atoms with Crippen LogP contribution >= 0.6 is 58.0 Å². The van der Waals surface area contributed by atoms with Crippen LogP contribution < -0.4 is 0 Å². The first kappa shape index (κ1) is 17.2. The number of halogens is 5. The molecule has 1 aromatic rings. The van der Waals surface area contributed by atoms with E-state index in [0.717, 1.165) is 0 Å². The number of alkyl halides is 4. The standard InChI is InChI=1S/C12H11Cl5O2/c1-7(13)11(15,12(16,17)10(18)19-2)8-3-5-9(14)6-4-8/h3-7H,1-2H3. The lowest BCUT2D eigenvalue weighted by Gasteiger charge is -2.38. The van der Waals surface area contributed by atoms with Gasteiger partial charge in [0.25, 0.3) is 0 Å². The van der Waals surface area contributed by atoms with Gasteiger partial charge < -0.3 is 4.74 Å². The molecule has 0 N–H and O–H groups in total. The lowest BCUT2D eigenvalue weighted by molar-refractivity contribution is -0.142. The van der Waals surface area contributed by atoms with Crippen molar-refractivity contribution >= 4 is 64.0 Å². The normalized spacial score (nSPS) is 16.6. The Labute approximate surface area is 136 Å². The molecule has 0 aliphatic heterocycles. The van der Waals surface area contributed by atoms with Gasteiger partial charge in [0.15, 0.2) is 0 Å². The lowest BCUT2D eigenvalue weighted by Crippen LogP contribution is -2.50. The molecule has 0 aromatic heterocycles. The minimum absolute atomic E-state index is 0.469. The van der Waals surface area contributed by atoms with Crippen LogP contribution in [0.4, 0.5) is 0 Å². The zero-order chi connectivity index (χ0) is 14.8. The van der Waals surface area contributed by atoms with Crippen molar-refractivity contribution in [2.45, 2.75) is 21.5 Å². The van der Waals surface area contributed by atoms with E-state index in [-0.39, 0.29) is 0 Å². The summed E-state index contributed by atoms with van der Waals surface area (Å²) < 4.78 is 2.54. The molecule has 0 saturated heterocycles. The van der Waals surface area contributed by atoms with Crippen LogP contribution in [-0.4, -0.2) is 22.8 Å². The molecule has 1 rings (SSSR count). The second-order valence-electron chi connectivity index (χ2n) is 3.90. The minimum Gasteiger partial charge on any atom is -0.467 e. The van der Waals surface area contributed by atoms with Gasteiger partial charge in [-0.25, -0.2) is 4.79 Å². The van der Waals surface area contributed by atoms with Gasteiger partial charge in [0.1, 0.15) is 4.87 Å². The first-order valence-electron chi connectivity index (χ1n) is 5.23. The van der Waals surface area contributed by atoms with E-state index in [4.69, 9.17) is 58.0 Å². The van der Waals surface area contributed by atoms with Gasteiger partial charge in [0.05, 0.1) is 12.5 Å². The number of esters is 1. The number of hydrogen-bond acceptors (Lipinski definition) is 2. The first-order valence-corrected chi connectivity index (χ1v) is 7.18. The summed E-state index contributed by atoms with van der Waals surface area (Å²) in [6.45, 7) is 1.59. The predicted octanol–water partition coefficient (Wildman–Crippen LogP) is 4.75. The van der Waals surface area contributed by atoms with Gasteiger partial charge in [-0.15, -0.1) is 23.2 Å². The van der Waals surface area contributed by atoms with Crippen LogP contribution in [0, 0.1) is 0 Å². The van der Waals surface area contributed by atoms with Gasteiger partial charge >= 0.3 is 5.97 Å². The molecule has 0 spiro atoms. The van der Waals surface area contributed by atoms with Gasteiger partial charge in [0, 0.05) is 5.02 Å². The highest BCUT2D eigenvalue weighted by atomic mass is 35.5. The Hall–Kier alpha value is 0.140. The Bertz CT molecular complexity index is 458. The highest BCUT2D eigenvalue weighted by Gasteiger charge is 2.58. The van der Waals surface area contributed by atoms with Crippen molar-refractivity contribution in [2.75, 3.05) is 7.11 Å². The Morgan fingerprint density at radius 2 is 1.68 bits per heavy atom. The Morgan fingerprint density at radius 1 is 1.21 bits per heavy atom. The molecule has 1 aromatic carbocycles. The molecule has 7 heteroatoms. The maximum atomic E-state index is 11.8. The summed E-state index contributed by atoms with van der Waals surface area (Å²) in [5, 5.41) is -0.234. The number of benzene rings is 1. The molecule has 0 bridgehead atoms. The van der Waals surface area contributed by atoms with Crippen molar-refractivity contribution in [3.63, 3.8) is 0 Å². The fraction of sp³-hybridized carbons (Fsp3) is 0.417. The largest absolute Gasteiger partial charge is 0.467 e. The second-order valence-corrected chi connectivity index (χ2v) is 6.92. The van der Waals surface area contributed by atoms with Gasteiger partial charge in [0.2, 0.25) is 4.33 Å². The van der Waals surface area contributed by atoms with Crippen molar-refractivity contribution in [2.24, 2.45) is 0 Å². The van der Waals surface area contributed by atoms with Gasteiger partial charge in [-0.05, 0) is 24.6 Å². The van der Waals surface area contributed by atoms with Gasteiger partial charge in [-0.1, -0.05) is 46.9 Å². The predicted molar refractivity (Wildman–Crippen MR) is 80.8 cm³/mol. The van der Waals surface area contributed by atoms with Crippen molar-refractivity contribution in [1.82, 2.24) is 0 Å². The van der Waals surface area contributed by atoms with Crippen LogP contribution in [0.2, 0.25) is 5.02 Å². The van der Waals surface area contributed by atoms with E-state index in [1.54, 1.807) is 31.2 Å². The molecule has 0 radical (unpaired) electrons. The number of ether oxygens (including phenoxy) is 1. The summed E-state index contributed by atoms with van der Waals surface area (Å²) in [7, 11) is 1.17. The van der Waals surface area contributed by atoms with Gasteiger partial charge in [-0.2, -0.15) is 0 Å². The summed E-state index contributed by atoms with van der Waals surface area (Å²) >= 11 is 30.6. The summed E-state index contributed by atoms with van der Waals surface area (Å²) in [5.74, 6) is -0.881. The zero-order valence-corrected chi connectivity index (χ0v) is 13.9. The number of methoxy groups -OCH3 is 1. The lowest BCUT2D eigenvalue weighted by atomic mass is 9.90. The molecule has 0 aliphatic carbocycles. The SMILES string of the molecule is COC(=O)C(Cl)(Cl)C(Cl)(c1ccc(Cl)cc1)C(C)Cl. The summed E-state index contributed by atoms with van der Waals surface area (Å²) in [6.07, 6.45) is 0. The molecule has 2 unspecified atom stereocenters. The molecule has 19 heavy (non-hydrogen) atoms.